The van der Waals surface area contributed by atoms with Crippen LogP contribution in [-0.2, 0) is 0 Å². The predicted octanol–water partition coefficient (Wildman–Crippen LogP) is 2.55. The Bertz CT molecular complexity index is 943. The Morgan fingerprint density at radius 3 is 2.58 bits per heavy atom. The van der Waals surface area contributed by atoms with Crippen molar-refractivity contribution in [3.8, 4) is 0 Å². The maximum atomic E-state index is 13.2. The zero-order valence-corrected chi connectivity index (χ0v) is 14.6. The van der Waals surface area contributed by atoms with Crippen LogP contribution in [0.25, 0.3) is 10.9 Å². The van der Waals surface area contributed by atoms with Crippen molar-refractivity contribution in [2.75, 3.05) is 18.9 Å². The summed E-state index contributed by atoms with van der Waals surface area (Å²) in [6, 6.07) is 11.4. The second kappa shape index (κ2) is 7.45. The molecule has 1 amide bonds. The molecule has 3 rings (SSSR count). The van der Waals surface area contributed by atoms with Gasteiger partial charge in [0, 0.05) is 11.9 Å². The van der Waals surface area contributed by atoms with Crippen molar-refractivity contribution in [2.24, 2.45) is 5.73 Å². The summed E-state index contributed by atoms with van der Waals surface area (Å²) in [5.74, 6) is 0.299. The van der Waals surface area contributed by atoms with E-state index in [2.05, 4.69) is 20.6 Å². The number of aromatic nitrogens is 2. The van der Waals surface area contributed by atoms with Crippen LogP contribution in [0.1, 0.15) is 27.8 Å². The van der Waals surface area contributed by atoms with Gasteiger partial charge in [-0.3, -0.25) is 4.79 Å². The molecule has 0 saturated heterocycles. The van der Waals surface area contributed by atoms with Gasteiger partial charge in [0.25, 0.3) is 5.91 Å². The van der Waals surface area contributed by atoms with Crippen LogP contribution in [0.5, 0.6) is 0 Å². The smallest absolute Gasteiger partial charge is 0.250 e. The lowest BCUT2D eigenvalue weighted by molar-refractivity contribution is 0.100. The molecule has 1 aromatic heterocycles. The second-order valence-corrected chi connectivity index (χ2v) is 5.99. The summed E-state index contributed by atoms with van der Waals surface area (Å²) >= 11 is 0. The molecule has 1 atom stereocenters. The van der Waals surface area contributed by atoms with Crippen LogP contribution in [0.2, 0.25) is 0 Å². The third-order valence-corrected chi connectivity index (χ3v) is 4.10. The summed E-state index contributed by atoms with van der Waals surface area (Å²) in [6.07, 6.45) is 0. The maximum Gasteiger partial charge on any atom is 0.250 e. The maximum absolute atomic E-state index is 13.2. The minimum Gasteiger partial charge on any atom is -0.366 e. The van der Waals surface area contributed by atoms with Gasteiger partial charge in [-0.05, 0) is 43.8 Å². The molecule has 0 bridgehead atoms. The molecule has 0 aliphatic carbocycles. The first-order valence-electron chi connectivity index (χ1n) is 8.23. The summed E-state index contributed by atoms with van der Waals surface area (Å²) in [6.45, 7) is 2.36. The van der Waals surface area contributed by atoms with Crippen molar-refractivity contribution in [3.05, 3.63) is 65.2 Å². The van der Waals surface area contributed by atoms with Gasteiger partial charge in [0.15, 0.2) is 0 Å². The minimum atomic E-state index is -0.537. The highest BCUT2D eigenvalue weighted by atomic mass is 19.1. The molecule has 0 spiro atoms. The Kier molecular flexibility index (Phi) is 5.09. The SMILES string of the molecule is CNC[C@@H](Nc1nc(C)nc2c(C(N)=O)cccc12)c1ccc(F)cc1. The summed E-state index contributed by atoms with van der Waals surface area (Å²) in [5.41, 5.74) is 7.24. The molecule has 134 valence electrons. The molecule has 26 heavy (non-hydrogen) atoms. The molecule has 0 fully saturated rings. The number of aryl methyl sites for hydroxylation is 1. The zero-order chi connectivity index (χ0) is 18.7. The van der Waals surface area contributed by atoms with Crippen LogP contribution in [0.4, 0.5) is 10.2 Å². The fourth-order valence-electron chi connectivity index (χ4n) is 2.89. The summed E-state index contributed by atoms with van der Waals surface area (Å²) < 4.78 is 13.2. The van der Waals surface area contributed by atoms with Crippen molar-refractivity contribution in [3.63, 3.8) is 0 Å². The van der Waals surface area contributed by atoms with E-state index in [1.165, 1.54) is 12.1 Å². The average Bonchev–Trinajstić information content (AvgIpc) is 2.61. The van der Waals surface area contributed by atoms with E-state index < -0.39 is 5.91 Å². The number of anilines is 1. The molecule has 3 aromatic rings. The van der Waals surface area contributed by atoms with Gasteiger partial charge in [-0.15, -0.1) is 0 Å². The number of primary amides is 1. The van der Waals surface area contributed by atoms with Gasteiger partial charge in [-0.25, -0.2) is 14.4 Å². The van der Waals surface area contributed by atoms with Crippen molar-refractivity contribution in [1.29, 1.82) is 0 Å². The first-order valence-corrected chi connectivity index (χ1v) is 8.23. The highest BCUT2D eigenvalue weighted by Gasteiger charge is 2.16. The average molecular weight is 353 g/mol. The van der Waals surface area contributed by atoms with E-state index in [9.17, 15) is 9.18 Å². The Morgan fingerprint density at radius 2 is 1.92 bits per heavy atom. The number of carbonyl (C=O) groups excluding carboxylic acids is 1. The van der Waals surface area contributed by atoms with E-state index in [-0.39, 0.29) is 11.9 Å². The van der Waals surface area contributed by atoms with Gasteiger partial charge < -0.3 is 16.4 Å². The van der Waals surface area contributed by atoms with Gasteiger partial charge in [-0.1, -0.05) is 18.2 Å². The predicted molar refractivity (Wildman–Crippen MR) is 99.5 cm³/mol. The third-order valence-electron chi connectivity index (χ3n) is 4.10. The fraction of sp³-hybridized carbons (Fsp3) is 0.211. The molecule has 0 aliphatic heterocycles. The third kappa shape index (κ3) is 3.62. The first kappa shape index (κ1) is 17.8. The molecular formula is C19H20FN5O. The van der Waals surface area contributed by atoms with Gasteiger partial charge in [0.1, 0.15) is 17.5 Å². The number of nitrogens with one attached hydrogen (secondary N) is 2. The van der Waals surface area contributed by atoms with Crippen LogP contribution in [0.3, 0.4) is 0 Å². The molecule has 0 saturated carbocycles. The van der Waals surface area contributed by atoms with Gasteiger partial charge in [0.2, 0.25) is 0 Å². The normalized spacial score (nSPS) is 12.1. The molecule has 7 heteroatoms. The second-order valence-electron chi connectivity index (χ2n) is 5.99. The standard InChI is InChI=1S/C19H20FN5O/c1-11-23-17-14(18(21)26)4-3-5-15(17)19(24-11)25-16(10-22-2)12-6-8-13(20)9-7-12/h3-9,16,22H,10H2,1-2H3,(H2,21,26)(H,23,24,25)/t16-/m1/s1. The molecule has 0 radical (unpaired) electrons. The molecular weight excluding hydrogens is 333 g/mol. The number of carbonyl (C=O) groups is 1. The van der Waals surface area contributed by atoms with Gasteiger partial charge >= 0.3 is 0 Å². The van der Waals surface area contributed by atoms with Crippen molar-refractivity contribution < 1.29 is 9.18 Å². The Hall–Kier alpha value is -3.06. The number of fused-ring (bicyclic) bond motifs is 1. The minimum absolute atomic E-state index is 0.143. The Balaban J connectivity index is 2.07. The largest absolute Gasteiger partial charge is 0.366 e. The zero-order valence-electron chi connectivity index (χ0n) is 14.6. The quantitative estimate of drug-likeness (QED) is 0.633. The van der Waals surface area contributed by atoms with Crippen LogP contribution in [0.15, 0.2) is 42.5 Å². The summed E-state index contributed by atoms with van der Waals surface area (Å²) in [5, 5.41) is 7.20. The van der Waals surface area contributed by atoms with E-state index in [1.54, 1.807) is 31.2 Å². The Labute approximate surface area is 150 Å². The lowest BCUT2D eigenvalue weighted by Gasteiger charge is -2.21. The number of benzene rings is 2. The molecule has 0 unspecified atom stereocenters. The fourth-order valence-corrected chi connectivity index (χ4v) is 2.89. The van der Waals surface area contributed by atoms with Gasteiger partial charge in [-0.2, -0.15) is 0 Å². The number of halogens is 1. The molecule has 1 heterocycles. The number of likely N-dealkylation sites (N-methyl/N-ethyl adjacent to an activating group) is 1. The monoisotopic (exact) mass is 353 g/mol. The number of nitrogens with two attached hydrogens (primary N) is 1. The van der Waals surface area contributed by atoms with Crippen molar-refractivity contribution >= 4 is 22.6 Å². The van der Waals surface area contributed by atoms with E-state index in [4.69, 9.17) is 5.73 Å². The number of hydrogen-bond acceptors (Lipinski definition) is 5. The molecule has 6 nitrogen and oxygen atoms in total. The van der Waals surface area contributed by atoms with E-state index in [0.717, 1.165) is 5.56 Å². The lowest BCUT2D eigenvalue weighted by atomic mass is 10.1. The number of rotatable bonds is 6. The van der Waals surface area contributed by atoms with E-state index in [1.807, 2.05) is 13.1 Å². The molecule has 2 aromatic carbocycles. The summed E-state index contributed by atoms with van der Waals surface area (Å²) in [4.78, 5) is 20.6. The highest BCUT2D eigenvalue weighted by molar-refractivity contribution is 6.07. The van der Waals surface area contributed by atoms with Crippen LogP contribution < -0.4 is 16.4 Å². The van der Waals surface area contributed by atoms with Crippen LogP contribution >= 0.6 is 0 Å². The van der Waals surface area contributed by atoms with Gasteiger partial charge in [0.05, 0.1) is 17.1 Å². The lowest BCUT2D eigenvalue weighted by Crippen LogP contribution is -2.24. The van der Waals surface area contributed by atoms with E-state index in [0.29, 0.717) is 34.7 Å². The number of nitrogens with zero attached hydrogens (tertiary/aromatic N) is 2. The highest BCUT2D eigenvalue weighted by Crippen LogP contribution is 2.27. The summed E-state index contributed by atoms with van der Waals surface area (Å²) in [7, 11) is 1.84. The number of para-hydroxylation sites is 1. The molecule has 0 aliphatic rings. The van der Waals surface area contributed by atoms with Crippen molar-refractivity contribution in [1.82, 2.24) is 15.3 Å². The number of hydrogen-bond donors (Lipinski definition) is 3. The Morgan fingerprint density at radius 1 is 1.19 bits per heavy atom. The topological polar surface area (TPSA) is 92.9 Å². The molecule has 4 N–H and O–H groups in total. The van der Waals surface area contributed by atoms with E-state index >= 15 is 0 Å². The van der Waals surface area contributed by atoms with Crippen molar-refractivity contribution in [2.45, 2.75) is 13.0 Å². The van der Waals surface area contributed by atoms with Crippen LogP contribution in [-0.4, -0.2) is 29.5 Å². The first-order chi connectivity index (χ1) is 12.5. The van der Waals surface area contributed by atoms with Crippen LogP contribution in [0, 0.1) is 12.7 Å². The number of amides is 1.